The van der Waals surface area contributed by atoms with Gasteiger partial charge in [-0.2, -0.15) is 0 Å². The molecule has 1 saturated carbocycles. The van der Waals surface area contributed by atoms with Crippen molar-refractivity contribution >= 4 is 11.9 Å². The van der Waals surface area contributed by atoms with Crippen molar-refractivity contribution < 1.29 is 23.5 Å². The molecule has 0 bridgehead atoms. The highest BCUT2D eigenvalue weighted by Crippen LogP contribution is 2.44. The van der Waals surface area contributed by atoms with E-state index in [1.165, 1.54) is 0 Å². The van der Waals surface area contributed by atoms with Crippen LogP contribution in [-0.4, -0.2) is 29.5 Å². The van der Waals surface area contributed by atoms with Crippen LogP contribution in [0.4, 0.5) is 8.78 Å². The van der Waals surface area contributed by atoms with Crippen LogP contribution in [0.2, 0.25) is 0 Å². The molecule has 6 heteroatoms. The van der Waals surface area contributed by atoms with Gasteiger partial charge in [-0.3, -0.25) is 4.79 Å². The van der Waals surface area contributed by atoms with Crippen LogP contribution in [0.15, 0.2) is 0 Å². The highest BCUT2D eigenvalue weighted by Gasteiger charge is 2.43. The Bertz CT molecular complexity index is 298. The first kappa shape index (κ1) is 13.9. The van der Waals surface area contributed by atoms with Gasteiger partial charge in [0.25, 0.3) is 0 Å². The average molecular weight is 249 g/mol. The van der Waals surface area contributed by atoms with E-state index in [9.17, 15) is 18.4 Å². The van der Waals surface area contributed by atoms with Crippen LogP contribution >= 0.6 is 0 Å². The van der Waals surface area contributed by atoms with Crippen molar-refractivity contribution in [3.63, 3.8) is 0 Å². The topological polar surface area (TPSA) is 66.4 Å². The molecule has 1 aliphatic rings. The molecular weight excluding hydrogens is 232 g/mol. The SMILES string of the molecule is CCC1(C(=O)NC(CC(F)F)C(=O)O)CCC1. The Morgan fingerprint density at radius 3 is 2.29 bits per heavy atom. The Hall–Kier alpha value is -1.20. The molecule has 0 radical (unpaired) electrons. The van der Waals surface area contributed by atoms with Gasteiger partial charge < -0.3 is 10.4 Å². The van der Waals surface area contributed by atoms with E-state index >= 15 is 0 Å². The summed E-state index contributed by atoms with van der Waals surface area (Å²) in [5, 5.41) is 11.0. The van der Waals surface area contributed by atoms with E-state index in [2.05, 4.69) is 5.32 Å². The summed E-state index contributed by atoms with van der Waals surface area (Å²) in [6.45, 7) is 1.85. The number of hydrogen-bond acceptors (Lipinski definition) is 2. The minimum absolute atomic E-state index is 0.403. The summed E-state index contributed by atoms with van der Waals surface area (Å²) >= 11 is 0. The van der Waals surface area contributed by atoms with Crippen LogP contribution in [0.3, 0.4) is 0 Å². The predicted octanol–water partition coefficient (Wildman–Crippen LogP) is 1.79. The molecule has 0 heterocycles. The van der Waals surface area contributed by atoms with Crippen molar-refractivity contribution in [3.05, 3.63) is 0 Å². The van der Waals surface area contributed by atoms with Gasteiger partial charge in [0.05, 0.1) is 0 Å². The number of nitrogens with one attached hydrogen (secondary N) is 1. The summed E-state index contributed by atoms with van der Waals surface area (Å²) < 4.78 is 24.3. The Labute approximate surface area is 98.4 Å². The second-order valence-electron chi connectivity index (χ2n) is 4.48. The van der Waals surface area contributed by atoms with Gasteiger partial charge in [-0.1, -0.05) is 13.3 Å². The maximum atomic E-state index is 12.2. The van der Waals surface area contributed by atoms with Crippen molar-refractivity contribution in [1.82, 2.24) is 5.32 Å². The van der Waals surface area contributed by atoms with Crippen molar-refractivity contribution in [2.24, 2.45) is 5.41 Å². The lowest BCUT2D eigenvalue weighted by Crippen LogP contribution is -2.51. The molecular formula is C11H17F2NO3. The number of amides is 1. The molecule has 0 aromatic rings. The smallest absolute Gasteiger partial charge is 0.326 e. The van der Waals surface area contributed by atoms with Gasteiger partial charge in [0.15, 0.2) is 0 Å². The van der Waals surface area contributed by atoms with Crippen LogP contribution in [-0.2, 0) is 9.59 Å². The van der Waals surface area contributed by atoms with Gasteiger partial charge in [0, 0.05) is 11.8 Å². The molecule has 1 unspecified atom stereocenters. The summed E-state index contributed by atoms with van der Waals surface area (Å²) in [5.74, 6) is -1.82. The highest BCUT2D eigenvalue weighted by atomic mass is 19.3. The fourth-order valence-corrected chi connectivity index (χ4v) is 2.06. The van der Waals surface area contributed by atoms with E-state index < -0.39 is 36.2 Å². The van der Waals surface area contributed by atoms with Crippen LogP contribution in [0, 0.1) is 5.41 Å². The third kappa shape index (κ3) is 3.14. The van der Waals surface area contributed by atoms with Crippen molar-refractivity contribution in [2.45, 2.75) is 51.5 Å². The first-order valence-electron chi connectivity index (χ1n) is 5.73. The lowest BCUT2D eigenvalue weighted by Gasteiger charge is -2.40. The summed E-state index contributed by atoms with van der Waals surface area (Å²) in [6.07, 6.45) is -0.642. The second kappa shape index (κ2) is 5.42. The van der Waals surface area contributed by atoms with E-state index in [0.29, 0.717) is 19.3 Å². The number of rotatable bonds is 6. The number of carboxylic acid groups (broad SMARTS) is 1. The monoisotopic (exact) mass is 249 g/mol. The van der Waals surface area contributed by atoms with E-state index in [-0.39, 0.29) is 0 Å². The van der Waals surface area contributed by atoms with Crippen LogP contribution < -0.4 is 5.32 Å². The van der Waals surface area contributed by atoms with Gasteiger partial charge in [-0.15, -0.1) is 0 Å². The van der Waals surface area contributed by atoms with E-state index in [1.807, 2.05) is 6.92 Å². The third-order valence-corrected chi connectivity index (χ3v) is 3.49. The zero-order valence-electron chi connectivity index (χ0n) is 9.71. The predicted molar refractivity (Wildman–Crippen MR) is 56.8 cm³/mol. The van der Waals surface area contributed by atoms with Crippen molar-refractivity contribution in [2.75, 3.05) is 0 Å². The molecule has 1 fully saturated rings. The van der Waals surface area contributed by atoms with Crippen molar-refractivity contribution in [3.8, 4) is 0 Å². The Morgan fingerprint density at radius 1 is 1.41 bits per heavy atom. The molecule has 0 aromatic carbocycles. The zero-order chi connectivity index (χ0) is 13.1. The largest absolute Gasteiger partial charge is 0.480 e. The third-order valence-electron chi connectivity index (χ3n) is 3.49. The number of alkyl halides is 2. The summed E-state index contributed by atoms with van der Waals surface area (Å²) in [6, 6.07) is -1.49. The van der Waals surface area contributed by atoms with Gasteiger partial charge in [-0.25, -0.2) is 13.6 Å². The molecule has 4 nitrogen and oxygen atoms in total. The number of hydrogen-bond donors (Lipinski definition) is 2. The number of carbonyl (C=O) groups is 2. The number of carboxylic acids is 1. The Kier molecular flexibility index (Phi) is 4.42. The minimum atomic E-state index is -2.74. The molecule has 2 N–H and O–H groups in total. The quantitative estimate of drug-likeness (QED) is 0.754. The first-order chi connectivity index (χ1) is 7.91. The first-order valence-corrected chi connectivity index (χ1v) is 5.73. The maximum Gasteiger partial charge on any atom is 0.326 e. The van der Waals surface area contributed by atoms with Crippen LogP contribution in [0.25, 0.3) is 0 Å². The Morgan fingerprint density at radius 2 is 2.00 bits per heavy atom. The fraction of sp³-hybridized carbons (Fsp3) is 0.818. The maximum absolute atomic E-state index is 12.2. The molecule has 0 aromatic heterocycles. The summed E-state index contributed by atoms with van der Waals surface area (Å²) in [7, 11) is 0. The number of carbonyl (C=O) groups excluding carboxylic acids is 1. The molecule has 1 rings (SSSR count). The average Bonchev–Trinajstić information content (AvgIpc) is 2.14. The van der Waals surface area contributed by atoms with E-state index in [4.69, 9.17) is 5.11 Å². The molecule has 1 amide bonds. The molecule has 1 atom stereocenters. The normalized spacial score (nSPS) is 19.5. The van der Waals surface area contributed by atoms with Gasteiger partial charge in [-0.05, 0) is 19.3 Å². The van der Waals surface area contributed by atoms with Gasteiger partial charge in [0.2, 0.25) is 12.3 Å². The number of halogens is 2. The minimum Gasteiger partial charge on any atom is -0.480 e. The molecule has 0 saturated heterocycles. The molecule has 98 valence electrons. The second-order valence-corrected chi connectivity index (χ2v) is 4.48. The summed E-state index contributed by atoms with van der Waals surface area (Å²) in [4.78, 5) is 22.6. The summed E-state index contributed by atoms with van der Waals surface area (Å²) in [5.41, 5.74) is -0.532. The molecule has 1 aliphatic carbocycles. The van der Waals surface area contributed by atoms with Gasteiger partial charge >= 0.3 is 5.97 Å². The highest BCUT2D eigenvalue weighted by molar-refractivity contribution is 5.88. The number of aliphatic carboxylic acids is 1. The molecule has 17 heavy (non-hydrogen) atoms. The van der Waals surface area contributed by atoms with Gasteiger partial charge in [0.1, 0.15) is 6.04 Å². The Balaban J connectivity index is 2.60. The lowest BCUT2D eigenvalue weighted by molar-refractivity contribution is -0.147. The van der Waals surface area contributed by atoms with Crippen LogP contribution in [0.1, 0.15) is 39.0 Å². The molecule has 0 aliphatic heterocycles. The zero-order valence-corrected chi connectivity index (χ0v) is 9.71. The fourth-order valence-electron chi connectivity index (χ4n) is 2.06. The van der Waals surface area contributed by atoms with Crippen LogP contribution in [0.5, 0.6) is 0 Å². The van der Waals surface area contributed by atoms with Crippen molar-refractivity contribution in [1.29, 1.82) is 0 Å². The van der Waals surface area contributed by atoms with E-state index in [1.54, 1.807) is 0 Å². The standard InChI is InChI=1S/C11H17F2NO3/c1-2-11(4-3-5-11)10(17)14-7(9(15)16)6-8(12)13/h7-8H,2-6H2,1H3,(H,14,17)(H,15,16). The molecule has 0 spiro atoms. The van der Waals surface area contributed by atoms with E-state index in [0.717, 1.165) is 6.42 Å². The lowest BCUT2D eigenvalue weighted by atomic mass is 9.66.